The topological polar surface area (TPSA) is 78.6 Å². The molecule has 0 saturated heterocycles. The molecule has 3 aromatic rings. The highest BCUT2D eigenvalue weighted by molar-refractivity contribution is 9.10. The summed E-state index contributed by atoms with van der Waals surface area (Å²) >= 11 is 9.21. The highest BCUT2D eigenvalue weighted by atomic mass is 79.9. The zero-order valence-electron chi connectivity index (χ0n) is 9.81. The van der Waals surface area contributed by atoms with Crippen molar-refractivity contribution in [1.82, 2.24) is 29.7 Å². The van der Waals surface area contributed by atoms with Crippen molar-refractivity contribution < 1.29 is 4.74 Å². The van der Waals surface area contributed by atoms with Gasteiger partial charge in [0.25, 0.3) is 5.95 Å². The van der Waals surface area contributed by atoms with Crippen LogP contribution in [0, 0.1) is 0 Å². The maximum absolute atomic E-state index is 5.85. The molecule has 0 bridgehead atoms. The molecule has 0 aliphatic rings. The first-order valence-electron chi connectivity index (χ1n) is 5.41. The van der Waals surface area contributed by atoms with Crippen LogP contribution < -0.4 is 4.74 Å². The Kier molecular flexibility index (Phi) is 3.57. The molecule has 100 valence electrons. The number of benzene rings is 1. The molecule has 0 fully saturated rings. The van der Waals surface area contributed by atoms with Crippen molar-refractivity contribution in [2.45, 2.75) is 0 Å². The summed E-state index contributed by atoms with van der Waals surface area (Å²) in [7, 11) is 0. The summed E-state index contributed by atoms with van der Waals surface area (Å²) in [6, 6.07) is 7.35. The molecule has 0 saturated carbocycles. The van der Waals surface area contributed by atoms with Crippen molar-refractivity contribution >= 4 is 27.5 Å². The van der Waals surface area contributed by atoms with Crippen LogP contribution in [0.3, 0.4) is 0 Å². The summed E-state index contributed by atoms with van der Waals surface area (Å²) in [6.45, 7) is 0. The summed E-state index contributed by atoms with van der Waals surface area (Å²) in [4.78, 5) is 15.8. The summed E-state index contributed by atoms with van der Waals surface area (Å²) < 4.78 is 7.78. The van der Waals surface area contributed by atoms with Gasteiger partial charge in [0, 0.05) is 4.47 Å². The fourth-order valence-corrected chi connectivity index (χ4v) is 1.94. The van der Waals surface area contributed by atoms with Gasteiger partial charge in [-0.15, -0.1) is 0 Å². The van der Waals surface area contributed by atoms with Crippen LogP contribution in [0.2, 0.25) is 5.28 Å². The summed E-state index contributed by atoms with van der Waals surface area (Å²) in [5, 5.41) is 3.93. The number of hydrogen-bond donors (Lipinski definition) is 0. The van der Waals surface area contributed by atoms with Crippen LogP contribution in [0.5, 0.6) is 11.8 Å². The quantitative estimate of drug-likeness (QED) is 0.720. The Morgan fingerprint density at radius 1 is 1.20 bits per heavy atom. The van der Waals surface area contributed by atoms with Gasteiger partial charge in [0.2, 0.25) is 5.28 Å². The minimum absolute atomic E-state index is 0.00972. The number of rotatable bonds is 3. The molecule has 7 nitrogen and oxygen atoms in total. The molecule has 0 aliphatic carbocycles. The van der Waals surface area contributed by atoms with E-state index in [1.807, 2.05) is 12.1 Å². The molecule has 3 rings (SSSR count). The van der Waals surface area contributed by atoms with E-state index in [0.717, 1.165) is 4.47 Å². The molecule has 2 heterocycles. The normalized spacial score (nSPS) is 10.5. The Balaban J connectivity index is 1.94. The fourth-order valence-electron chi connectivity index (χ4n) is 1.42. The molecule has 0 atom stereocenters. The summed E-state index contributed by atoms with van der Waals surface area (Å²) in [5.41, 5.74) is 0. The van der Waals surface area contributed by atoms with E-state index >= 15 is 0 Å². The largest absolute Gasteiger partial charge is 0.424 e. The third-order valence-electron chi connectivity index (χ3n) is 2.20. The lowest BCUT2D eigenvalue weighted by Gasteiger charge is -2.05. The molecular formula is C11H6BrClN6O. The van der Waals surface area contributed by atoms with Gasteiger partial charge in [0.1, 0.15) is 18.4 Å². The molecule has 20 heavy (non-hydrogen) atoms. The maximum atomic E-state index is 5.85. The average molecular weight is 354 g/mol. The van der Waals surface area contributed by atoms with E-state index in [2.05, 4.69) is 41.0 Å². The van der Waals surface area contributed by atoms with Crippen LogP contribution in [0.15, 0.2) is 41.4 Å². The zero-order chi connectivity index (χ0) is 13.9. The third-order valence-corrected chi connectivity index (χ3v) is 2.87. The number of nitrogens with zero attached hydrogens (tertiary/aromatic N) is 6. The van der Waals surface area contributed by atoms with Gasteiger partial charge >= 0.3 is 6.01 Å². The Morgan fingerprint density at radius 3 is 2.85 bits per heavy atom. The zero-order valence-corrected chi connectivity index (χ0v) is 12.2. The van der Waals surface area contributed by atoms with E-state index in [1.165, 1.54) is 17.3 Å². The predicted octanol–water partition coefficient (Wildman–Crippen LogP) is 2.66. The Morgan fingerprint density at radius 2 is 2.10 bits per heavy atom. The van der Waals surface area contributed by atoms with E-state index < -0.39 is 0 Å². The van der Waals surface area contributed by atoms with E-state index in [4.69, 9.17) is 16.3 Å². The van der Waals surface area contributed by atoms with Gasteiger partial charge in [-0.05, 0) is 29.8 Å². The molecule has 2 aromatic heterocycles. The Labute approximate surface area is 126 Å². The first-order chi connectivity index (χ1) is 9.70. The molecule has 0 amide bonds. The second-order valence-electron chi connectivity index (χ2n) is 3.59. The SMILES string of the molecule is Clc1nc(Oc2cccc(Br)c2)nc(-n2cncn2)n1. The number of hydrogen-bond acceptors (Lipinski definition) is 6. The van der Waals surface area contributed by atoms with Crippen molar-refractivity contribution in [2.24, 2.45) is 0 Å². The van der Waals surface area contributed by atoms with E-state index in [-0.39, 0.29) is 17.2 Å². The lowest BCUT2D eigenvalue weighted by Crippen LogP contribution is -2.05. The molecule has 0 aliphatic heterocycles. The number of aromatic nitrogens is 6. The molecule has 0 unspecified atom stereocenters. The smallest absolute Gasteiger partial charge is 0.328 e. The highest BCUT2D eigenvalue weighted by Crippen LogP contribution is 2.22. The molecular weight excluding hydrogens is 348 g/mol. The minimum Gasteiger partial charge on any atom is -0.424 e. The molecule has 0 spiro atoms. The van der Waals surface area contributed by atoms with Gasteiger partial charge in [-0.2, -0.15) is 24.7 Å². The van der Waals surface area contributed by atoms with Crippen molar-refractivity contribution in [3.63, 3.8) is 0 Å². The number of halogens is 2. The van der Waals surface area contributed by atoms with E-state index in [0.29, 0.717) is 5.75 Å². The van der Waals surface area contributed by atoms with Gasteiger partial charge in [0.05, 0.1) is 0 Å². The third kappa shape index (κ3) is 2.91. The van der Waals surface area contributed by atoms with Crippen molar-refractivity contribution in [3.05, 3.63) is 46.7 Å². The van der Waals surface area contributed by atoms with Crippen LogP contribution in [-0.2, 0) is 0 Å². The standard InChI is InChI=1S/C11H6BrClN6O/c12-7-2-1-3-8(4-7)20-11-17-9(13)16-10(18-11)19-6-14-5-15-19/h1-6H. The second kappa shape index (κ2) is 5.51. The highest BCUT2D eigenvalue weighted by Gasteiger charge is 2.09. The fraction of sp³-hybridized carbons (Fsp3) is 0. The van der Waals surface area contributed by atoms with Crippen molar-refractivity contribution in [2.75, 3.05) is 0 Å². The minimum atomic E-state index is 0.00972. The first-order valence-corrected chi connectivity index (χ1v) is 6.58. The second-order valence-corrected chi connectivity index (χ2v) is 4.84. The van der Waals surface area contributed by atoms with Crippen LogP contribution in [0.25, 0.3) is 5.95 Å². The van der Waals surface area contributed by atoms with Crippen LogP contribution in [0.1, 0.15) is 0 Å². The maximum Gasteiger partial charge on any atom is 0.328 e. The lowest BCUT2D eigenvalue weighted by atomic mass is 10.3. The van der Waals surface area contributed by atoms with Gasteiger partial charge in [-0.1, -0.05) is 22.0 Å². The molecule has 9 heteroatoms. The average Bonchev–Trinajstić information content (AvgIpc) is 2.91. The van der Waals surface area contributed by atoms with Gasteiger partial charge < -0.3 is 4.74 Å². The van der Waals surface area contributed by atoms with Crippen LogP contribution >= 0.6 is 27.5 Å². The monoisotopic (exact) mass is 352 g/mol. The van der Waals surface area contributed by atoms with Gasteiger partial charge in [-0.3, -0.25) is 0 Å². The molecule has 1 aromatic carbocycles. The summed E-state index contributed by atoms with van der Waals surface area (Å²) in [5.74, 6) is 0.804. The van der Waals surface area contributed by atoms with E-state index in [9.17, 15) is 0 Å². The lowest BCUT2D eigenvalue weighted by molar-refractivity contribution is 0.437. The predicted molar refractivity (Wildman–Crippen MR) is 74.0 cm³/mol. The summed E-state index contributed by atoms with van der Waals surface area (Å²) in [6.07, 6.45) is 2.82. The first kappa shape index (κ1) is 12.9. The Hall–Kier alpha value is -2.06. The molecule has 0 radical (unpaired) electrons. The van der Waals surface area contributed by atoms with E-state index in [1.54, 1.807) is 12.1 Å². The molecule has 0 N–H and O–H groups in total. The van der Waals surface area contributed by atoms with Gasteiger partial charge in [-0.25, -0.2) is 4.98 Å². The van der Waals surface area contributed by atoms with Gasteiger partial charge in [0.15, 0.2) is 0 Å². The number of ether oxygens (including phenoxy) is 1. The van der Waals surface area contributed by atoms with Crippen LogP contribution in [-0.4, -0.2) is 29.7 Å². The van der Waals surface area contributed by atoms with Crippen molar-refractivity contribution in [1.29, 1.82) is 0 Å². The van der Waals surface area contributed by atoms with Crippen molar-refractivity contribution in [3.8, 4) is 17.7 Å². The Bertz CT molecular complexity index is 736. The van der Waals surface area contributed by atoms with Crippen LogP contribution in [0.4, 0.5) is 0 Å².